The Kier molecular flexibility index (Phi) is 7.55. The fraction of sp³-hybridized carbons (Fsp3) is 0.250. The van der Waals surface area contributed by atoms with E-state index in [0.717, 1.165) is 5.56 Å². The first kappa shape index (κ1) is 24.5. The number of amides is 2. The largest absolute Gasteiger partial charge is 0.322 e. The summed E-state index contributed by atoms with van der Waals surface area (Å²) in [4.78, 5) is 25.5. The zero-order valence-electron chi connectivity index (χ0n) is 18.9. The van der Waals surface area contributed by atoms with Crippen LogP contribution >= 0.6 is 11.3 Å². The van der Waals surface area contributed by atoms with Gasteiger partial charge in [0.2, 0.25) is 10.0 Å². The molecule has 0 saturated carbocycles. The summed E-state index contributed by atoms with van der Waals surface area (Å²) < 4.78 is 26.1. The van der Waals surface area contributed by atoms with Gasteiger partial charge in [0, 0.05) is 11.3 Å². The van der Waals surface area contributed by atoms with Gasteiger partial charge in [0.25, 0.3) is 11.8 Å². The lowest BCUT2D eigenvalue weighted by atomic mass is 10.0. The third-order valence-electron chi connectivity index (χ3n) is 5.11. The summed E-state index contributed by atoms with van der Waals surface area (Å²) in [6.07, 6.45) is 0. The normalized spacial score (nSPS) is 11.3. The van der Waals surface area contributed by atoms with E-state index in [2.05, 4.69) is 29.2 Å². The molecule has 3 aromatic rings. The Morgan fingerprint density at radius 3 is 2.27 bits per heavy atom. The molecular weight excluding hydrogens is 458 g/mol. The molecule has 0 spiro atoms. The van der Waals surface area contributed by atoms with Gasteiger partial charge < -0.3 is 10.6 Å². The zero-order valence-corrected chi connectivity index (χ0v) is 20.6. The summed E-state index contributed by atoms with van der Waals surface area (Å²) >= 11 is 1.26. The van der Waals surface area contributed by atoms with Crippen molar-refractivity contribution >= 4 is 49.6 Å². The summed E-state index contributed by atoms with van der Waals surface area (Å²) in [5.41, 5.74) is 3.66. The smallest absolute Gasteiger partial charge is 0.258 e. The van der Waals surface area contributed by atoms with Gasteiger partial charge in [0.15, 0.2) is 0 Å². The van der Waals surface area contributed by atoms with E-state index in [-0.39, 0.29) is 17.6 Å². The Morgan fingerprint density at radius 2 is 1.67 bits per heavy atom. The summed E-state index contributed by atoms with van der Waals surface area (Å²) in [5, 5.41) is 7.81. The van der Waals surface area contributed by atoms with Crippen molar-refractivity contribution in [3.63, 3.8) is 0 Å². The van der Waals surface area contributed by atoms with Gasteiger partial charge in [0.1, 0.15) is 5.00 Å². The molecule has 0 atom stereocenters. The van der Waals surface area contributed by atoms with Gasteiger partial charge in [-0.15, -0.1) is 11.3 Å². The molecule has 0 radical (unpaired) electrons. The van der Waals surface area contributed by atoms with Crippen LogP contribution in [0.3, 0.4) is 0 Å². The molecule has 1 aromatic heterocycles. The van der Waals surface area contributed by atoms with Gasteiger partial charge in [0.05, 0.1) is 17.0 Å². The number of rotatable bonds is 8. The van der Waals surface area contributed by atoms with Gasteiger partial charge in [-0.1, -0.05) is 26.0 Å². The molecule has 7 nitrogen and oxygen atoms in total. The lowest BCUT2D eigenvalue weighted by Gasteiger charge is -2.12. The molecular formula is C24H27N3O4S2. The minimum absolute atomic E-state index is 0.0283. The van der Waals surface area contributed by atoms with Gasteiger partial charge in [-0.25, -0.2) is 8.42 Å². The predicted octanol–water partition coefficient (Wildman–Crippen LogP) is 5.45. The van der Waals surface area contributed by atoms with E-state index in [1.807, 2.05) is 12.1 Å². The van der Waals surface area contributed by atoms with Crippen LogP contribution in [0.5, 0.6) is 0 Å². The number of benzene rings is 2. The van der Waals surface area contributed by atoms with Gasteiger partial charge in [-0.05, 0) is 72.7 Å². The number of carbonyl (C=O) groups excluding carboxylic acids is 2. The monoisotopic (exact) mass is 485 g/mol. The second-order valence-electron chi connectivity index (χ2n) is 7.88. The van der Waals surface area contributed by atoms with Crippen LogP contribution in [-0.4, -0.2) is 26.0 Å². The van der Waals surface area contributed by atoms with Crippen molar-refractivity contribution in [2.75, 3.05) is 21.1 Å². The van der Waals surface area contributed by atoms with Crippen LogP contribution in [0, 0.1) is 6.92 Å². The molecule has 0 saturated heterocycles. The quantitative estimate of drug-likeness (QED) is 0.395. The maximum atomic E-state index is 12.8. The number of carbonyl (C=O) groups is 2. The Labute approximate surface area is 198 Å². The van der Waals surface area contributed by atoms with Crippen LogP contribution in [0.15, 0.2) is 53.9 Å². The molecule has 0 aliphatic heterocycles. The third-order valence-corrected chi connectivity index (χ3v) is 7.23. The number of aryl methyl sites for hydroxylation is 1. The topological polar surface area (TPSA) is 104 Å². The van der Waals surface area contributed by atoms with Crippen LogP contribution in [0.1, 0.15) is 58.5 Å². The highest BCUT2D eigenvalue weighted by Gasteiger charge is 2.17. The van der Waals surface area contributed by atoms with Crippen LogP contribution < -0.4 is 15.4 Å². The highest BCUT2D eigenvalue weighted by molar-refractivity contribution is 7.92. The molecule has 0 bridgehead atoms. The van der Waals surface area contributed by atoms with Gasteiger partial charge >= 0.3 is 0 Å². The van der Waals surface area contributed by atoms with Crippen LogP contribution in [0.25, 0.3) is 0 Å². The van der Waals surface area contributed by atoms with Crippen molar-refractivity contribution in [2.24, 2.45) is 0 Å². The predicted molar refractivity (Wildman–Crippen MR) is 135 cm³/mol. The van der Waals surface area contributed by atoms with Crippen LogP contribution in [0.2, 0.25) is 0 Å². The van der Waals surface area contributed by atoms with Gasteiger partial charge in [-0.3, -0.25) is 14.3 Å². The molecule has 174 valence electrons. The van der Waals surface area contributed by atoms with Crippen molar-refractivity contribution in [3.05, 3.63) is 76.2 Å². The van der Waals surface area contributed by atoms with E-state index in [1.54, 1.807) is 55.6 Å². The van der Waals surface area contributed by atoms with E-state index >= 15 is 0 Å². The molecule has 9 heteroatoms. The van der Waals surface area contributed by atoms with Crippen LogP contribution in [0.4, 0.5) is 16.4 Å². The van der Waals surface area contributed by atoms with E-state index < -0.39 is 10.0 Å². The molecule has 2 aromatic carbocycles. The molecule has 1 heterocycles. The summed E-state index contributed by atoms with van der Waals surface area (Å²) in [6.45, 7) is 7.49. The molecule has 2 amide bonds. The maximum absolute atomic E-state index is 12.8. The molecule has 0 aliphatic carbocycles. The fourth-order valence-electron chi connectivity index (χ4n) is 3.07. The Balaban J connectivity index is 1.70. The van der Waals surface area contributed by atoms with E-state index in [9.17, 15) is 18.0 Å². The molecule has 33 heavy (non-hydrogen) atoms. The Morgan fingerprint density at radius 1 is 0.970 bits per heavy atom. The standard InChI is InChI=1S/C24H27N3O4S2/c1-5-33(30,31)27-21-11-10-19(14-16(21)4)25-23(29)20-12-13-32-24(20)26-22(28)18-8-6-17(7-9-18)15(2)3/h6-15,27H,5H2,1-4H3,(H,25,29)(H,26,28). The van der Waals surface area contributed by atoms with Crippen molar-refractivity contribution in [3.8, 4) is 0 Å². The highest BCUT2D eigenvalue weighted by Crippen LogP contribution is 2.27. The summed E-state index contributed by atoms with van der Waals surface area (Å²) in [6, 6.07) is 14.0. The highest BCUT2D eigenvalue weighted by atomic mass is 32.2. The minimum atomic E-state index is -3.39. The van der Waals surface area contributed by atoms with Crippen molar-refractivity contribution < 1.29 is 18.0 Å². The SMILES string of the molecule is CCS(=O)(=O)Nc1ccc(NC(=O)c2ccsc2NC(=O)c2ccc(C(C)C)cc2)cc1C. The average molecular weight is 486 g/mol. The van der Waals surface area contributed by atoms with E-state index in [4.69, 9.17) is 0 Å². The number of hydrogen-bond donors (Lipinski definition) is 3. The van der Waals surface area contributed by atoms with Crippen molar-refractivity contribution in [2.45, 2.75) is 33.6 Å². The number of thiophene rings is 1. The Hall–Kier alpha value is -3.17. The second-order valence-corrected chi connectivity index (χ2v) is 10.8. The third kappa shape index (κ3) is 6.21. The van der Waals surface area contributed by atoms with E-state index in [0.29, 0.717) is 39.0 Å². The number of nitrogens with one attached hydrogen (secondary N) is 3. The average Bonchev–Trinajstić information content (AvgIpc) is 3.24. The minimum Gasteiger partial charge on any atom is -0.322 e. The number of anilines is 3. The van der Waals surface area contributed by atoms with E-state index in [1.165, 1.54) is 11.3 Å². The zero-order chi connectivity index (χ0) is 24.2. The fourth-order valence-corrected chi connectivity index (χ4v) is 4.56. The lowest BCUT2D eigenvalue weighted by Crippen LogP contribution is -2.17. The van der Waals surface area contributed by atoms with Crippen LogP contribution in [-0.2, 0) is 10.0 Å². The molecule has 0 aliphatic rings. The first-order chi connectivity index (χ1) is 15.6. The summed E-state index contributed by atoms with van der Waals surface area (Å²) in [7, 11) is -3.39. The first-order valence-electron chi connectivity index (χ1n) is 10.5. The second kappa shape index (κ2) is 10.2. The first-order valence-corrected chi connectivity index (χ1v) is 13.0. The van der Waals surface area contributed by atoms with Crippen molar-refractivity contribution in [1.29, 1.82) is 0 Å². The molecule has 0 fully saturated rings. The maximum Gasteiger partial charge on any atom is 0.258 e. The molecule has 3 N–H and O–H groups in total. The lowest BCUT2D eigenvalue weighted by molar-refractivity contribution is 0.102. The Bertz CT molecular complexity index is 1260. The number of hydrogen-bond acceptors (Lipinski definition) is 5. The summed E-state index contributed by atoms with van der Waals surface area (Å²) in [5.74, 6) is -0.313. The number of sulfonamides is 1. The van der Waals surface area contributed by atoms with Gasteiger partial charge in [-0.2, -0.15) is 0 Å². The van der Waals surface area contributed by atoms with Crippen molar-refractivity contribution in [1.82, 2.24) is 0 Å². The molecule has 0 unspecified atom stereocenters. The molecule has 3 rings (SSSR count).